The van der Waals surface area contributed by atoms with Crippen LogP contribution in [0, 0.1) is 18.3 Å². The molecule has 0 rings (SSSR count). The maximum absolute atomic E-state index is 5.17. The van der Waals surface area contributed by atoms with Crippen LogP contribution >= 0.6 is 23.5 Å². The molecular formula is C12H23NS2. The number of hydrogen-bond acceptors (Lipinski definition) is 3. The summed E-state index contributed by atoms with van der Waals surface area (Å²) in [5, 5.41) is 3.50. The topological polar surface area (TPSA) is 12.0 Å². The van der Waals surface area contributed by atoms with Crippen molar-refractivity contribution in [3.63, 3.8) is 0 Å². The summed E-state index contributed by atoms with van der Waals surface area (Å²) >= 11 is 3.85. The first-order chi connectivity index (χ1) is 7.16. The smallest absolute Gasteiger partial charge is 0.0545 e. The van der Waals surface area contributed by atoms with Crippen molar-refractivity contribution < 1.29 is 0 Å². The zero-order valence-corrected chi connectivity index (χ0v) is 11.7. The molecule has 3 heteroatoms. The molecule has 0 bridgehead atoms. The van der Waals surface area contributed by atoms with Crippen molar-refractivity contribution in [1.82, 2.24) is 5.32 Å². The highest BCUT2D eigenvalue weighted by atomic mass is 32.2. The van der Waals surface area contributed by atoms with Crippen molar-refractivity contribution in [3.8, 4) is 12.3 Å². The lowest BCUT2D eigenvalue weighted by Gasteiger charge is -2.13. The van der Waals surface area contributed by atoms with Gasteiger partial charge < -0.3 is 5.32 Å². The van der Waals surface area contributed by atoms with Crippen LogP contribution in [0.25, 0.3) is 0 Å². The van der Waals surface area contributed by atoms with Crippen LogP contribution in [0.3, 0.4) is 0 Å². The molecule has 0 aromatic rings. The third-order valence-electron chi connectivity index (χ3n) is 1.74. The van der Waals surface area contributed by atoms with Gasteiger partial charge in [0.05, 0.1) is 5.75 Å². The average Bonchev–Trinajstić information content (AvgIpc) is 2.17. The molecule has 15 heavy (non-hydrogen) atoms. The second kappa shape index (κ2) is 10.7. The minimum atomic E-state index is 0.611. The molecule has 0 spiro atoms. The van der Waals surface area contributed by atoms with Gasteiger partial charge in [-0.3, -0.25) is 0 Å². The molecule has 0 fully saturated rings. The van der Waals surface area contributed by atoms with E-state index in [1.165, 1.54) is 11.5 Å². The van der Waals surface area contributed by atoms with Crippen molar-refractivity contribution in [2.45, 2.75) is 26.8 Å². The van der Waals surface area contributed by atoms with Crippen LogP contribution in [0.1, 0.15) is 20.8 Å². The number of terminal acetylenes is 1. The maximum atomic E-state index is 5.17. The molecule has 0 heterocycles. The van der Waals surface area contributed by atoms with Crippen LogP contribution in [0.15, 0.2) is 0 Å². The molecule has 0 aliphatic rings. The van der Waals surface area contributed by atoms with E-state index in [1.54, 1.807) is 0 Å². The van der Waals surface area contributed by atoms with Crippen molar-refractivity contribution >= 4 is 23.5 Å². The highest BCUT2D eigenvalue weighted by Gasteiger charge is 2.01. The summed E-state index contributed by atoms with van der Waals surface area (Å²) in [6.45, 7) is 7.85. The van der Waals surface area contributed by atoms with Crippen molar-refractivity contribution in [2.24, 2.45) is 5.92 Å². The molecular weight excluding hydrogens is 222 g/mol. The summed E-state index contributed by atoms with van der Waals surface area (Å²) in [4.78, 5) is 0. The second-order valence-corrected chi connectivity index (χ2v) is 6.22. The van der Waals surface area contributed by atoms with Gasteiger partial charge in [0.25, 0.3) is 0 Å². The number of thioether (sulfide) groups is 2. The third kappa shape index (κ3) is 12.2. The molecule has 0 radical (unpaired) electrons. The predicted octanol–water partition coefficient (Wildman–Crippen LogP) is 2.72. The van der Waals surface area contributed by atoms with Gasteiger partial charge in [0.15, 0.2) is 0 Å². The van der Waals surface area contributed by atoms with Gasteiger partial charge >= 0.3 is 0 Å². The first kappa shape index (κ1) is 15.2. The molecule has 1 nitrogen and oxygen atoms in total. The molecule has 1 atom stereocenters. The summed E-state index contributed by atoms with van der Waals surface area (Å²) in [6, 6.07) is 0.611. The number of hydrogen-bond donors (Lipinski definition) is 1. The van der Waals surface area contributed by atoms with Gasteiger partial charge in [0.2, 0.25) is 0 Å². The van der Waals surface area contributed by atoms with E-state index in [4.69, 9.17) is 6.42 Å². The van der Waals surface area contributed by atoms with E-state index in [-0.39, 0.29) is 0 Å². The molecule has 0 aliphatic heterocycles. The van der Waals surface area contributed by atoms with Crippen molar-refractivity contribution in [1.29, 1.82) is 0 Å². The van der Waals surface area contributed by atoms with Crippen LogP contribution in [-0.2, 0) is 0 Å². The lowest BCUT2D eigenvalue weighted by atomic mass is 10.3. The normalized spacial score (nSPS) is 12.7. The van der Waals surface area contributed by atoms with Gasteiger partial charge in [-0.05, 0) is 18.6 Å². The van der Waals surface area contributed by atoms with Crippen LogP contribution in [-0.4, -0.2) is 35.6 Å². The highest BCUT2D eigenvalue weighted by molar-refractivity contribution is 7.99. The van der Waals surface area contributed by atoms with Gasteiger partial charge in [-0.2, -0.15) is 11.8 Å². The second-order valence-electron chi connectivity index (χ2n) is 4.04. The quantitative estimate of drug-likeness (QED) is 0.495. The Bertz CT molecular complexity index is 175. The summed E-state index contributed by atoms with van der Waals surface area (Å²) in [6.07, 6.45) is 5.17. The summed E-state index contributed by atoms with van der Waals surface area (Å²) in [5.74, 6) is 7.85. The van der Waals surface area contributed by atoms with Crippen LogP contribution in [0.5, 0.6) is 0 Å². The fraction of sp³-hybridized carbons (Fsp3) is 0.833. The first-order valence-electron chi connectivity index (χ1n) is 5.49. The standard InChI is InChI=1S/C12H23NS2/c1-5-7-14-8-6-13-12(4)10-15-9-11(2)3/h1,11-13H,6-10H2,2-4H3. The third-order valence-corrected chi connectivity index (χ3v) is 4.25. The van der Waals surface area contributed by atoms with E-state index in [9.17, 15) is 0 Å². The Morgan fingerprint density at radius 2 is 1.93 bits per heavy atom. The molecule has 1 unspecified atom stereocenters. The zero-order valence-electron chi connectivity index (χ0n) is 10.1. The Balaban J connectivity index is 3.19. The fourth-order valence-electron chi connectivity index (χ4n) is 1.05. The zero-order chi connectivity index (χ0) is 11.5. The van der Waals surface area contributed by atoms with Gasteiger partial charge in [-0.1, -0.05) is 19.8 Å². The molecule has 88 valence electrons. The number of nitrogens with one attached hydrogen (secondary N) is 1. The molecule has 0 saturated heterocycles. The van der Waals surface area contributed by atoms with Crippen LogP contribution < -0.4 is 5.32 Å². The minimum Gasteiger partial charge on any atom is -0.313 e. The SMILES string of the molecule is C#CCSCCNC(C)CSCC(C)C. The number of rotatable bonds is 9. The van der Waals surface area contributed by atoms with E-state index < -0.39 is 0 Å². The Morgan fingerprint density at radius 3 is 2.53 bits per heavy atom. The molecule has 0 aliphatic carbocycles. The van der Waals surface area contributed by atoms with Crippen LogP contribution in [0.2, 0.25) is 0 Å². The first-order valence-corrected chi connectivity index (χ1v) is 7.80. The van der Waals surface area contributed by atoms with Crippen LogP contribution in [0.4, 0.5) is 0 Å². The van der Waals surface area contributed by atoms with E-state index in [2.05, 4.69) is 32.0 Å². The van der Waals surface area contributed by atoms with E-state index in [1.807, 2.05) is 23.5 Å². The van der Waals surface area contributed by atoms with Gasteiger partial charge in [0.1, 0.15) is 0 Å². The van der Waals surface area contributed by atoms with Gasteiger partial charge in [0, 0.05) is 24.1 Å². The average molecular weight is 245 g/mol. The van der Waals surface area contributed by atoms with E-state index in [0.717, 1.165) is 24.0 Å². The van der Waals surface area contributed by atoms with E-state index in [0.29, 0.717) is 6.04 Å². The molecule has 0 amide bonds. The largest absolute Gasteiger partial charge is 0.313 e. The van der Waals surface area contributed by atoms with E-state index >= 15 is 0 Å². The van der Waals surface area contributed by atoms with Crippen molar-refractivity contribution in [2.75, 3.05) is 29.6 Å². The predicted molar refractivity (Wildman–Crippen MR) is 75.8 cm³/mol. The van der Waals surface area contributed by atoms with Gasteiger partial charge in [-0.15, -0.1) is 18.2 Å². The Labute approximate surface area is 104 Å². The highest BCUT2D eigenvalue weighted by Crippen LogP contribution is 2.08. The fourth-order valence-corrected chi connectivity index (χ4v) is 2.65. The minimum absolute atomic E-state index is 0.611. The summed E-state index contributed by atoms with van der Waals surface area (Å²) in [7, 11) is 0. The maximum Gasteiger partial charge on any atom is 0.0545 e. The Hall–Kier alpha value is 0.220. The summed E-state index contributed by atoms with van der Waals surface area (Å²) < 4.78 is 0. The summed E-state index contributed by atoms with van der Waals surface area (Å²) in [5.41, 5.74) is 0. The van der Waals surface area contributed by atoms with Crippen molar-refractivity contribution in [3.05, 3.63) is 0 Å². The molecule has 0 aromatic heterocycles. The lowest BCUT2D eigenvalue weighted by molar-refractivity contribution is 0.622. The molecule has 0 aromatic carbocycles. The lowest BCUT2D eigenvalue weighted by Crippen LogP contribution is -2.30. The molecule has 0 saturated carbocycles. The molecule has 1 N–H and O–H groups in total. The van der Waals surface area contributed by atoms with Gasteiger partial charge in [-0.25, -0.2) is 0 Å². The Kier molecular flexibility index (Phi) is 10.9. The Morgan fingerprint density at radius 1 is 1.20 bits per heavy atom. The monoisotopic (exact) mass is 245 g/mol.